The molecular weight excluding hydrogens is 258 g/mol. The zero-order chi connectivity index (χ0) is 13.9. The summed E-state index contributed by atoms with van der Waals surface area (Å²) in [5.41, 5.74) is 0.305. The highest BCUT2D eigenvalue weighted by Gasteiger charge is 2.33. The summed E-state index contributed by atoms with van der Waals surface area (Å²) in [6.07, 6.45) is 7.05. The molecule has 2 nitrogen and oxygen atoms in total. The highest BCUT2D eigenvalue weighted by molar-refractivity contribution is 5.46. The SMILES string of the molecule is Fc1cccc(NC2CCCCC2C2CCCN2)c1F. The third kappa shape index (κ3) is 2.80. The maximum absolute atomic E-state index is 13.8. The smallest absolute Gasteiger partial charge is 0.181 e. The van der Waals surface area contributed by atoms with Gasteiger partial charge in [-0.3, -0.25) is 0 Å². The van der Waals surface area contributed by atoms with Crippen LogP contribution in [0.25, 0.3) is 0 Å². The van der Waals surface area contributed by atoms with E-state index in [9.17, 15) is 8.78 Å². The van der Waals surface area contributed by atoms with Gasteiger partial charge in [-0.15, -0.1) is 0 Å². The van der Waals surface area contributed by atoms with Crippen molar-refractivity contribution in [3.8, 4) is 0 Å². The van der Waals surface area contributed by atoms with E-state index in [2.05, 4.69) is 10.6 Å². The summed E-state index contributed by atoms with van der Waals surface area (Å²) in [5, 5.41) is 6.82. The first-order chi connectivity index (χ1) is 9.75. The molecule has 0 spiro atoms. The lowest BCUT2D eigenvalue weighted by Crippen LogP contribution is -2.43. The first-order valence-electron chi connectivity index (χ1n) is 7.69. The molecule has 0 bridgehead atoms. The predicted molar refractivity (Wildman–Crippen MR) is 76.8 cm³/mol. The molecule has 3 rings (SSSR count). The van der Waals surface area contributed by atoms with Crippen molar-refractivity contribution in [3.63, 3.8) is 0 Å². The van der Waals surface area contributed by atoms with Crippen LogP contribution >= 0.6 is 0 Å². The highest BCUT2D eigenvalue weighted by atomic mass is 19.2. The van der Waals surface area contributed by atoms with Gasteiger partial charge in [0.15, 0.2) is 11.6 Å². The van der Waals surface area contributed by atoms with Crippen LogP contribution in [0.3, 0.4) is 0 Å². The Morgan fingerprint density at radius 3 is 2.70 bits per heavy atom. The second-order valence-corrected chi connectivity index (χ2v) is 6.00. The van der Waals surface area contributed by atoms with Crippen molar-refractivity contribution in [2.45, 2.75) is 50.6 Å². The minimum Gasteiger partial charge on any atom is -0.380 e. The Labute approximate surface area is 118 Å². The molecule has 1 heterocycles. The lowest BCUT2D eigenvalue weighted by molar-refractivity contribution is 0.262. The number of nitrogens with one attached hydrogen (secondary N) is 2. The molecule has 1 aliphatic heterocycles. The minimum atomic E-state index is -0.777. The monoisotopic (exact) mass is 280 g/mol. The van der Waals surface area contributed by atoms with E-state index in [1.165, 1.54) is 25.7 Å². The zero-order valence-corrected chi connectivity index (χ0v) is 11.7. The molecule has 3 atom stereocenters. The molecule has 0 aromatic heterocycles. The normalized spacial score (nSPS) is 30.4. The van der Waals surface area contributed by atoms with E-state index in [-0.39, 0.29) is 6.04 Å². The van der Waals surface area contributed by atoms with Crippen molar-refractivity contribution in [1.82, 2.24) is 5.32 Å². The van der Waals surface area contributed by atoms with Gasteiger partial charge >= 0.3 is 0 Å². The molecule has 0 radical (unpaired) electrons. The van der Waals surface area contributed by atoms with Crippen molar-refractivity contribution < 1.29 is 8.78 Å². The lowest BCUT2D eigenvalue weighted by atomic mass is 9.79. The predicted octanol–water partition coefficient (Wildman–Crippen LogP) is 3.69. The third-order valence-electron chi connectivity index (χ3n) is 4.73. The van der Waals surface area contributed by atoms with Crippen LogP contribution in [0.2, 0.25) is 0 Å². The van der Waals surface area contributed by atoms with E-state index in [0.29, 0.717) is 17.6 Å². The number of hydrogen-bond acceptors (Lipinski definition) is 2. The van der Waals surface area contributed by atoms with E-state index in [0.717, 1.165) is 25.5 Å². The van der Waals surface area contributed by atoms with Crippen molar-refractivity contribution in [2.24, 2.45) is 5.92 Å². The molecule has 1 aromatic carbocycles. The fourth-order valence-electron chi connectivity index (χ4n) is 3.71. The van der Waals surface area contributed by atoms with Gasteiger partial charge in [-0.25, -0.2) is 8.78 Å². The summed E-state index contributed by atoms with van der Waals surface area (Å²) in [6.45, 7) is 1.09. The Balaban J connectivity index is 1.74. The Kier molecular flexibility index (Phi) is 4.20. The van der Waals surface area contributed by atoms with Gasteiger partial charge in [0.2, 0.25) is 0 Å². The second kappa shape index (κ2) is 6.08. The summed E-state index contributed by atoms with van der Waals surface area (Å²) in [5.74, 6) is -1.01. The van der Waals surface area contributed by atoms with E-state index in [1.54, 1.807) is 12.1 Å². The molecule has 2 aliphatic rings. The van der Waals surface area contributed by atoms with E-state index in [4.69, 9.17) is 0 Å². The fraction of sp³-hybridized carbons (Fsp3) is 0.625. The number of rotatable bonds is 3. The van der Waals surface area contributed by atoms with Gasteiger partial charge in [0, 0.05) is 12.1 Å². The van der Waals surface area contributed by atoms with Gasteiger partial charge in [0.25, 0.3) is 0 Å². The number of hydrogen-bond donors (Lipinski definition) is 2. The maximum atomic E-state index is 13.8. The molecular formula is C16H22F2N2. The summed E-state index contributed by atoms with van der Waals surface area (Å²) in [4.78, 5) is 0. The molecule has 1 aromatic rings. The molecule has 0 amide bonds. The molecule has 1 aliphatic carbocycles. The number of anilines is 1. The Hall–Kier alpha value is -1.16. The fourth-order valence-corrected chi connectivity index (χ4v) is 3.71. The molecule has 3 unspecified atom stereocenters. The van der Waals surface area contributed by atoms with Crippen LogP contribution in [0.4, 0.5) is 14.5 Å². The van der Waals surface area contributed by atoms with Crippen LogP contribution in [0.15, 0.2) is 18.2 Å². The second-order valence-electron chi connectivity index (χ2n) is 6.00. The Morgan fingerprint density at radius 2 is 1.90 bits per heavy atom. The van der Waals surface area contributed by atoms with Gasteiger partial charge in [-0.2, -0.15) is 0 Å². The van der Waals surface area contributed by atoms with Crippen LogP contribution < -0.4 is 10.6 Å². The van der Waals surface area contributed by atoms with Crippen LogP contribution in [-0.2, 0) is 0 Å². The third-order valence-corrected chi connectivity index (χ3v) is 4.73. The average molecular weight is 280 g/mol. The number of halogens is 2. The van der Waals surface area contributed by atoms with Crippen LogP contribution in [0.5, 0.6) is 0 Å². The van der Waals surface area contributed by atoms with E-state index < -0.39 is 11.6 Å². The summed E-state index contributed by atoms with van der Waals surface area (Å²) in [6, 6.07) is 5.13. The standard InChI is InChI=1S/C16H22F2N2/c17-12-6-3-8-15(16(12)18)20-14-7-2-1-5-11(14)13-9-4-10-19-13/h3,6,8,11,13-14,19-20H,1-2,4-5,7,9-10H2. The van der Waals surface area contributed by atoms with Gasteiger partial charge in [-0.1, -0.05) is 18.9 Å². The highest BCUT2D eigenvalue weighted by Crippen LogP contribution is 2.33. The lowest BCUT2D eigenvalue weighted by Gasteiger charge is -2.36. The van der Waals surface area contributed by atoms with Gasteiger partial charge in [-0.05, 0) is 50.3 Å². The average Bonchev–Trinajstić information content (AvgIpc) is 2.98. The first kappa shape index (κ1) is 13.8. The summed E-state index contributed by atoms with van der Waals surface area (Å²) < 4.78 is 27.1. The van der Waals surface area contributed by atoms with Crippen molar-refractivity contribution in [1.29, 1.82) is 0 Å². The van der Waals surface area contributed by atoms with Gasteiger partial charge in [0.1, 0.15) is 0 Å². The van der Waals surface area contributed by atoms with E-state index >= 15 is 0 Å². The number of benzene rings is 1. The summed E-state index contributed by atoms with van der Waals surface area (Å²) >= 11 is 0. The molecule has 110 valence electrons. The first-order valence-corrected chi connectivity index (χ1v) is 7.69. The van der Waals surface area contributed by atoms with E-state index in [1.807, 2.05) is 0 Å². The molecule has 1 saturated carbocycles. The molecule has 20 heavy (non-hydrogen) atoms. The van der Waals surface area contributed by atoms with Crippen LogP contribution in [-0.4, -0.2) is 18.6 Å². The summed E-state index contributed by atoms with van der Waals surface area (Å²) in [7, 11) is 0. The zero-order valence-electron chi connectivity index (χ0n) is 11.7. The van der Waals surface area contributed by atoms with Crippen molar-refractivity contribution in [2.75, 3.05) is 11.9 Å². The molecule has 1 saturated heterocycles. The topological polar surface area (TPSA) is 24.1 Å². The Morgan fingerprint density at radius 1 is 1.05 bits per heavy atom. The Bertz CT molecular complexity index is 458. The molecule has 4 heteroatoms. The maximum Gasteiger partial charge on any atom is 0.181 e. The van der Waals surface area contributed by atoms with Crippen LogP contribution in [0.1, 0.15) is 38.5 Å². The van der Waals surface area contributed by atoms with Gasteiger partial charge < -0.3 is 10.6 Å². The van der Waals surface area contributed by atoms with Crippen LogP contribution in [0, 0.1) is 17.6 Å². The quantitative estimate of drug-likeness (QED) is 0.882. The molecule has 2 N–H and O–H groups in total. The van der Waals surface area contributed by atoms with Crippen molar-refractivity contribution in [3.05, 3.63) is 29.8 Å². The largest absolute Gasteiger partial charge is 0.380 e. The molecule has 2 fully saturated rings. The minimum absolute atomic E-state index is 0.246. The van der Waals surface area contributed by atoms with Crippen molar-refractivity contribution >= 4 is 5.69 Å². The van der Waals surface area contributed by atoms with Gasteiger partial charge in [0.05, 0.1) is 5.69 Å².